The van der Waals surface area contributed by atoms with Crippen molar-refractivity contribution in [1.29, 1.82) is 0 Å². The molecule has 0 spiro atoms. The van der Waals surface area contributed by atoms with Crippen LogP contribution in [0, 0.1) is 0 Å². The maximum absolute atomic E-state index is 5.08. The van der Waals surface area contributed by atoms with E-state index in [0.29, 0.717) is 6.54 Å². The van der Waals surface area contributed by atoms with E-state index < -0.39 is 0 Å². The summed E-state index contributed by atoms with van der Waals surface area (Å²) >= 11 is 0. The lowest BCUT2D eigenvalue weighted by Crippen LogP contribution is -1.98. The van der Waals surface area contributed by atoms with Crippen molar-refractivity contribution in [3.8, 4) is 78.8 Å². The fourth-order valence-corrected chi connectivity index (χ4v) is 6.75. The zero-order valence-corrected chi connectivity index (χ0v) is 29.3. The third-order valence-electron chi connectivity index (χ3n) is 9.42. The first-order valence-electron chi connectivity index (χ1n) is 17.9. The van der Waals surface area contributed by atoms with Crippen LogP contribution in [0.3, 0.4) is 0 Å². The Morgan fingerprint density at radius 1 is 0.389 bits per heavy atom. The van der Waals surface area contributed by atoms with E-state index in [2.05, 4.69) is 101 Å². The maximum atomic E-state index is 5.08. The Labute approximate surface area is 314 Å². The lowest BCUT2D eigenvalue weighted by molar-refractivity contribution is 1.21. The number of rotatable bonds is 8. The summed E-state index contributed by atoms with van der Waals surface area (Å²) in [5, 5.41) is 4.38. The third kappa shape index (κ3) is 6.84. The minimum absolute atomic E-state index is 0.629. The van der Waals surface area contributed by atoms with Gasteiger partial charge in [-0.15, -0.1) is 6.54 Å². The van der Waals surface area contributed by atoms with Crippen LogP contribution >= 0.6 is 0 Å². The summed E-state index contributed by atoms with van der Waals surface area (Å²) in [5.41, 5.74) is 15.5. The Balaban J connectivity index is 1.02. The van der Waals surface area contributed by atoms with Gasteiger partial charge in [-0.25, -0.2) is 19.9 Å². The van der Waals surface area contributed by atoms with Gasteiger partial charge in [-0.3, -0.25) is 4.98 Å². The summed E-state index contributed by atoms with van der Waals surface area (Å²) < 4.78 is 0. The van der Waals surface area contributed by atoms with Crippen molar-refractivity contribution in [3.63, 3.8) is 0 Å². The second kappa shape index (κ2) is 14.7. The first kappa shape index (κ1) is 32.6. The molecule has 0 aliphatic carbocycles. The number of hydrogen-bond acceptors (Lipinski definition) is 5. The predicted molar refractivity (Wildman–Crippen MR) is 219 cm³/mol. The summed E-state index contributed by atoms with van der Waals surface area (Å²) in [6.07, 6.45) is 9.44. The molecule has 1 aliphatic heterocycles. The van der Waals surface area contributed by atoms with E-state index >= 15 is 0 Å². The first-order chi connectivity index (χ1) is 26.7. The summed E-state index contributed by atoms with van der Waals surface area (Å²) in [6, 6.07) is 54.0. The minimum Gasteiger partial charge on any atom is -0.687 e. The fourth-order valence-electron chi connectivity index (χ4n) is 6.75. The van der Waals surface area contributed by atoms with Crippen LogP contribution < -0.4 is 0 Å². The second-order valence-corrected chi connectivity index (χ2v) is 13.0. The van der Waals surface area contributed by atoms with Gasteiger partial charge in [-0.1, -0.05) is 97.1 Å². The molecule has 6 heteroatoms. The number of benzene rings is 3. The van der Waals surface area contributed by atoms with E-state index in [1.807, 2.05) is 91.3 Å². The Kier molecular flexibility index (Phi) is 8.89. The van der Waals surface area contributed by atoms with Crippen molar-refractivity contribution in [2.24, 2.45) is 0 Å². The highest BCUT2D eigenvalue weighted by molar-refractivity contribution is 5.86. The largest absolute Gasteiger partial charge is 0.687 e. The Bertz CT molecular complexity index is 2680. The molecule has 0 atom stereocenters. The molecule has 0 saturated carbocycles. The maximum Gasteiger partial charge on any atom is 0.0893 e. The Morgan fingerprint density at radius 2 is 0.833 bits per heavy atom. The van der Waals surface area contributed by atoms with Gasteiger partial charge in [0.2, 0.25) is 0 Å². The van der Waals surface area contributed by atoms with Crippen molar-refractivity contribution in [1.82, 2.24) is 24.9 Å². The molecule has 0 unspecified atom stereocenters. The van der Waals surface area contributed by atoms with E-state index in [0.717, 1.165) is 90.1 Å². The predicted octanol–water partition coefficient (Wildman–Crippen LogP) is 11.6. The van der Waals surface area contributed by atoms with Gasteiger partial charge in [0, 0.05) is 29.1 Å². The molecule has 5 aromatic heterocycles. The molecule has 0 fully saturated rings. The number of pyridine rings is 5. The number of hydrogen-bond donors (Lipinski definition) is 0. The summed E-state index contributed by atoms with van der Waals surface area (Å²) in [5.74, 6) is 0. The standard InChI is InChI=1S/C48H33N6/c1-2-18-40(34-12-4-14-36(30-34)42-20-6-24-46(52-42)48-26-8-22-44(54-48)38-16-10-28-50-32-38)39(17-1)33-11-3-13-35(29-33)41-19-5-23-45(51-41)47-25-7-21-43(53-47)37-15-9-27-49-31-37/h1-31H,32H2/q-1. The van der Waals surface area contributed by atoms with E-state index in [9.17, 15) is 0 Å². The van der Waals surface area contributed by atoms with Gasteiger partial charge in [0.1, 0.15) is 0 Å². The molecule has 0 bridgehead atoms. The lowest BCUT2D eigenvalue weighted by Gasteiger charge is -2.21. The van der Waals surface area contributed by atoms with Gasteiger partial charge in [0.15, 0.2) is 0 Å². The highest BCUT2D eigenvalue weighted by atomic mass is 14.9. The molecular weight excluding hydrogens is 661 g/mol. The summed E-state index contributed by atoms with van der Waals surface area (Å²) in [4.78, 5) is 24.3. The summed E-state index contributed by atoms with van der Waals surface area (Å²) in [6.45, 7) is 0.629. The van der Waals surface area contributed by atoms with E-state index in [-0.39, 0.29) is 0 Å². The van der Waals surface area contributed by atoms with E-state index in [1.165, 1.54) is 0 Å². The second-order valence-electron chi connectivity index (χ2n) is 13.0. The van der Waals surface area contributed by atoms with Crippen molar-refractivity contribution < 1.29 is 0 Å². The molecule has 8 aromatic rings. The van der Waals surface area contributed by atoms with Crippen LogP contribution in [-0.4, -0.2) is 31.5 Å². The van der Waals surface area contributed by atoms with Gasteiger partial charge in [-0.2, -0.15) is 6.20 Å². The van der Waals surface area contributed by atoms with Gasteiger partial charge < -0.3 is 5.32 Å². The van der Waals surface area contributed by atoms with E-state index in [4.69, 9.17) is 19.9 Å². The molecular formula is C48H33N6-. The van der Waals surface area contributed by atoms with Crippen molar-refractivity contribution in [3.05, 3.63) is 199 Å². The molecule has 6 heterocycles. The quantitative estimate of drug-likeness (QED) is 0.158. The highest BCUT2D eigenvalue weighted by Gasteiger charge is 2.13. The molecule has 6 nitrogen and oxygen atoms in total. The van der Waals surface area contributed by atoms with Crippen molar-refractivity contribution in [2.75, 3.05) is 6.54 Å². The summed E-state index contributed by atoms with van der Waals surface area (Å²) in [7, 11) is 0. The van der Waals surface area contributed by atoms with Crippen molar-refractivity contribution >= 4 is 5.57 Å². The fraction of sp³-hybridized carbons (Fsp3) is 0.0208. The van der Waals surface area contributed by atoms with Crippen LogP contribution in [0.25, 0.3) is 89.7 Å². The molecule has 0 N–H and O–H groups in total. The van der Waals surface area contributed by atoms with E-state index in [1.54, 1.807) is 6.20 Å². The van der Waals surface area contributed by atoms with Gasteiger partial charge >= 0.3 is 0 Å². The highest BCUT2D eigenvalue weighted by Crippen LogP contribution is 2.36. The molecule has 0 saturated heterocycles. The lowest BCUT2D eigenvalue weighted by atomic mass is 9.92. The van der Waals surface area contributed by atoms with Crippen LogP contribution in [-0.2, 0) is 0 Å². The van der Waals surface area contributed by atoms with Crippen LogP contribution in [0.1, 0.15) is 5.69 Å². The first-order valence-corrected chi connectivity index (χ1v) is 17.9. The normalized spacial score (nSPS) is 12.2. The SMILES string of the molecule is C1=C[N-]CC(c2cccc(-c3cccc(-c4cccc(-c5ccccc5-c5cccc(-c6cccc(-c7cccc(-c8cccnc8)n7)n6)c5)c4)n3)n2)=C1. The molecule has 54 heavy (non-hydrogen) atoms. The van der Waals surface area contributed by atoms with Gasteiger partial charge in [0.25, 0.3) is 0 Å². The third-order valence-corrected chi connectivity index (χ3v) is 9.42. The molecule has 3 aromatic carbocycles. The molecule has 1 aliphatic rings. The minimum atomic E-state index is 0.629. The monoisotopic (exact) mass is 693 g/mol. The average molecular weight is 694 g/mol. The topological polar surface area (TPSA) is 78.5 Å². The zero-order chi connectivity index (χ0) is 36.1. The Hall–Kier alpha value is -7.31. The van der Waals surface area contributed by atoms with Crippen LogP contribution in [0.2, 0.25) is 0 Å². The van der Waals surface area contributed by atoms with Gasteiger partial charge in [0.05, 0.1) is 45.6 Å². The number of aromatic nitrogens is 5. The van der Waals surface area contributed by atoms with Crippen LogP contribution in [0.5, 0.6) is 0 Å². The molecule has 0 amide bonds. The van der Waals surface area contributed by atoms with Crippen molar-refractivity contribution in [2.45, 2.75) is 0 Å². The van der Waals surface area contributed by atoms with Crippen LogP contribution in [0.15, 0.2) is 188 Å². The smallest absolute Gasteiger partial charge is 0.0893 e. The average Bonchev–Trinajstić information content (AvgIpc) is 3.27. The zero-order valence-electron chi connectivity index (χ0n) is 29.3. The molecule has 0 radical (unpaired) electrons. The molecule has 9 rings (SSSR count). The Morgan fingerprint density at radius 3 is 1.33 bits per heavy atom. The number of allylic oxidation sites excluding steroid dienone is 2. The number of nitrogens with zero attached hydrogens (tertiary/aromatic N) is 6. The van der Waals surface area contributed by atoms with Crippen LogP contribution in [0.4, 0.5) is 0 Å². The van der Waals surface area contributed by atoms with Gasteiger partial charge in [-0.05, 0) is 101 Å². The molecule has 256 valence electrons.